The van der Waals surface area contributed by atoms with Gasteiger partial charge in [0.25, 0.3) is 0 Å². The van der Waals surface area contributed by atoms with E-state index in [1.165, 1.54) is 0 Å². The van der Waals surface area contributed by atoms with Crippen LogP contribution in [0.1, 0.15) is 29.6 Å². The number of hydrogen-bond acceptors (Lipinski definition) is 5. The summed E-state index contributed by atoms with van der Waals surface area (Å²) in [4.78, 5) is 31.0. The summed E-state index contributed by atoms with van der Waals surface area (Å²) in [6, 6.07) is 17.0. The first-order chi connectivity index (χ1) is 15.9. The first-order valence-corrected chi connectivity index (χ1v) is 12.6. The third-order valence-corrected chi connectivity index (χ3v) is 6.96. The quantitative estimate of drug-likeness (QED) is 0.370. The molecular formula is C25H29BrN4O2S. The second-order valence-electron chi connectivity index (χ2n) is 7.84. The van der Waals surface area contributed by atoms with Crippen molar-refractivity contribution in [1.29, 1.82) is 0 Å². The summed E-state index contributed by atoms with van der Waals surface area (Å²) in [6.07, 6.45) is 1.24. The lowest BCUT2D eigenvalue weighted by Crippen LogP contribution is -2.52. The van der Waals surface area contributed by atoms with Gasteiger partial charge in [-0.05, 0) is 36.6 Å². The molecule has 174 valence electrons. The van der Waals surface area contributed by atoms with E-state index in [0.29, 0.717) is 25.8 Å². The number of carbonyl (C=O) groups is 2. The van der Waals surface area contributed by atoms with Crippen molar-refractivity contribution < 1.29 is 9.59 Å². The molecule has 0 spiro atoms. The van der Waals surface area contributed by atoms with Crippen molar-refractivity contribution in [3.63, 3.8) is 0 Å². The molecule has 0 aliphatic rings. The summed E-state index contributed by atoms with van der Waals surface area (Å²) in [5.74, 6) is -0.428. The molecular weight excluding hydrogens is 500 g/mol. The van der Waals surface area contributed by atoms with Gasteiger partial charge >= 0.3 is 0 Å². The highest BCUT2D eigenvalue weighted by atomic mass is 79.9. The Bertz CT molecular complexity index is 1090. The van der Waals surface area contributed by atoms with E-state index in [4.69, 9.17) is 5.73 Å². The average molecular weight is 530 g/mol. The molecule has 1 aromatic heterocycles. The van der Waals surface area contributed by atoms with Gasteiger partial charge in [0, 0.05) is 29.9 Å². The number of rotatable bonds is 10. The molecule has 6 nitrogen and oxygen atoms in total. The first kappa shape index (κ1) is 25.1. The van der Waals surface area contributed by atoms with Crippen molar-refractivity contribution in [2.45, 2.75) is 45.2 Å². The third-order valence-electron chi connectivity index (χ3n) is 5.24. The first-order valence-electron chi connectivity index (χ1n) is 11.0. The van der Waals surface area contributed by atoms with Crippen LogP contribution in [0, 0.1) is 6.92 Å². The molecule has 0 radical (unpaired) electrons. The lowest BCUT2D eigenvalue weighted by molar-refractivity contribution is -0.129. The third kappa shape index (κ3) is 7.22. The zero-order chi connectivity index (χ0) is 23.8. The van der Waals surface area contributed by atoms with Gasteiger partial charge in [0.15, 0.2) is 0 Å². The number of nitrogens with zero attached hydrogens (tertiary/aromatic N) is 1. The van der Waals surface area contributed by atoms with Crippen LogP contribution in [0.5, 0.6) is 0 Å². The van der Waals surface area contributed by atoms with Crippen LogP contribution in [0.2, 0.25) is 0 Å². The van der Waals surface area contributed by atoms with E-state index in [-0.39, 0.29) is 17.9 Å². The van der Waals surface area contributed by atoms with Crippen LogP contribution in [-0.4, -0.2) is 35.4 Å². The van der Waals surface area contributed by atoms with Crippen molar-refractivity contribution >= 4 is 39.1 Å². The minimum Gasteiger partial charge on any atom is -0.350 e. The Morgan fingerprint density at radius 3 is 2.52 bits per heavy atom. The number of aromatic nitrogens is 1. The van der Waals surface area contributed by atoms with Crippen LogP contribution in [-0.2, 0) is 22.4 Å². The molecule has 2 aromatic carbocycles. The molecule has 0 saturated heterocycles. The van der Waals surface area contributed by atoms with Crippen LogP contribution >= 0.6 is 27.3 Å². The molecule has 4 N–H and O–H groups in total. The smallest absolute Gasteiger partial charge is 0.243 e. The zero-order valence-electron chi connectivity index (χ0n) is 18.8. The fourth-order valence-corrected chi connectivity index (χ4v) is 5.02. The second kappa shape index (κ2) is 12.1. The predicted octanol–water partition coefficient (Wildman–Crippen LogP) is 4.00. The molecule has 0 bridgehead atoms. The summed E-state index contributed by atoms with van der Waals surface area (Å²) in [5, 5.41) is 6.67. The lowest BCUT2D eigenvalue weighted by Gasteiger charge is -2.22. The number of carbonyl (C=O) groups excluding carboxylic acids is 2. The molecule has 0 saturated carbocycles. The number of nitrogens with two attached hydrogens (primary N) is 1. The maximum absolute atomic E-state index is 13.2. The number of hydrogen-bond donors (Lipinski definition) is 3. The van der Waals surface area contributed by atoms with Gasteiger partial charge < -0.3 is 16.4 Å². The molecule has 0 aliphatic carbocycles. The standard InChI is InChI=1S/C25H29BrN4O2S/c1-3-22(31)30-21(25(32)29-20(15-27)12-17-8-5-4-6-9-17)14-23-28-16(2)24(33-23)18-10-7-11-19(26)13-18/h4-11,13,20-21H,3,12,14-15,27H2,1-2H3,(H,29,32)(H,30,31)/t20-,21-/m0/s1. The molecule has 33 heavy (non-hydrogen) atoms. The van der Waals surface area contributed by atoms with Crippen molar-refractivity contribution in [3.8, 4) is 10.4 Å². The molecule has 3 rings (SSSR count). The molecule has 2 atom stereocenters. The highest BCUT2D eigenvalue weighted by molar-refractivity contribution is 9.10. The van der Waals surface area contributed by atoms with Crippen LogP contribution in [0.3, 0.4) is 0 Å². The van der Waals surface area contributed by atoms with Gasteiger partial charge in [0.05, 0.1) is 15.6 Å². The fraction of sp³-hybridized carbons (Fsp3) is 0.320. The molecule has 3 aromatic rings. The molecule has 0 unspecified atom stereocenters. The molecule has 0 aliphatic heterocycles. The van der Waals surface area contributed by atoms with Crippen molar-refractivity contribution in [2.24, 2.45) is 5.73 Å². The predicted molar refractivity (Wildman–Crippen MR) is 137 cm³/mol. The summed E-state index contributed by atoms with van der Waals surface area (Å²) in [6.45, 7) is 4.03. The maximum atomic E-state index is 13.2. The van der Waals surface area contributed by atoms with Crippen molar-refractivity contribution in [3.05, 3.63) is 75.3 Å². The summed E-state index contributed by atoms with van der Waals surface area (Å²) in [7, 11) is 0. The topological polar surface area (TPSA) is 97.1 Å². The summed E-state index contributed by atoms with van der Waals surface area (Å²) < 4.78 is 0.994. The van der Waals surface area contributed by atoms with Crippen LogP contribution in [0.15, 0.2) is 59.1 Å². The molecule has 2 amide bonds. The van der Waals surface area contributed by atoms with Gasteiger partial charge in [-0.3, -0.25) is 9.59 Å². The van der Waals surface area contributed by atoms with Gasteiger partial charge in [-0.1, -0.05) is 65.3 Å². The highest BCUT2D eigenvalue weighted by Crippen LogP contribution is 2.32. The van der Waals surface area contributed by atoms with E-state index >= 15 is 0 Å². The zero-order valence-corrected chi connectivity index (χ0v) is 21.2. The Balaban J connectivity index is 1.76. The number of thiazole rings is 1. The van der Waals surface area contributed by atoms with E-state index in [1.807, 2.05) is 61.5 Å². The van der Waals surface area contributed by atoms with E-state index < -0.39 is 6.04 Å². The van der Waals surface area contributed by atoms with Crippen LogP contribution < -0.4 is 16.4 Å². The monoisotopic (exact) mass is 528 g/mol. The minimum atomic E-state index is -0.719. The van der Waals surface area contributed by atoms with Crippen molar-refractivity contribution in [2.75, 3.05) is 6.54 Å². The number of amides is 2. The van der Waals surface area contributed by atoms with Gasteiger partial charge in [-0.2, -0.15) is 0 Å². The van der Waals surface area contributed by atoms with E-state index in [9.17, 15) is 9.59 Å². The van der Waals surface area contributed by atoms with E-state index in [1.54, 1.807) is 18.3 Å². The number of benzene rings is 2. The lowest BCUT2D eigenvalue weighted by atomic mass is 10.1. The minimum absolute atomic E-state index is 0.178. The normalized spacial score (nSPS) is 12.7. The Hall–Kier alpha value is -2.55. The number of halogens is 1. The summed E-state index contributed by atoms with van der Waals surface area (Å²) >= 11 is 5.05. The van der Waals surface area contributed by atoms with Gasteiger partial charge in [0.2, 0.25) is 11.8 Å². The highest BCUT2D eigenvalue weighted by Gasteiger charge is 2.25. The molecule has 0 fully saturated rings. The van der Waals surface area contributed by atoms with E-state index in [2.05, 4.69) is 31.5 Å². The summed E-state index contributed by atoms with van der Waals surface area (Å²) in [5.41, 5.74) is 8.99. The van der Waals surface area contributed by atoms with Crippen molar-refractivity contribution in [1.82, 2.24) is 15.6 Å². The maximum Gasteiger partial charge on any atom is 0.243 e. The Kier molecular flexibility index (Phi) is 9.17. The van der Waals surface area contributed by atoms with Gasteiger partial charge in [0.1, 0.15) is 6.04 Å². The van der Waals surface area contributed by atoms with Gasteiger partial charge in [-0.25, -0.2) is 4.98 Å². The van der Waals surface area contributed by atoms with Crippen LogP contribution in [0.4, 0.5) is 0 Å². The Morgan fingerprint density at radius 2 is 1.85 bits per heavy atom. The fourth-order valence-electron chi connectivity index (χ4n) is 3.51. The molecule has 1 heterocycles. The Morgan fingerprint density at radius 1 is 1.09 bits per heavy atom. The SMILES string of the molecule is CCC(=O)N[C@@H](Cc1nc(C)c(-c2cccc(Br)c2)s1)C(=O)N[C@H](CN)Cc1ccccc1. The Labute approximate surface area is 207 Å². The largest absolute Gasteiger partial charge is 0.350 e. The second-order valence-corrected chi connectivity index (χ2v) is 9.84. The number of nitrogens with one attached hydrogen (secondary N) is 2. The van der Waals surface area contributed by atoms with Gasteiger partial charge in [-0.15, -0.1) is 11.3 Å². The number of aryl methyl sites for hydroxylation is 1. The molecule has 8 heteroatoms. The van der Waals surface area contributed by atoms with Crippen LogP contribution in [0.25, 0.3) is 10.4 Å². The average Bonchev–Trinajstić information content (AvgIpc) is 3.18. The van der Waals surface area contributed by atoms with E-state index in [0.717, 1.165) is 31.2 Å².